The van der Waals surface area contributed by atoms with Crippen LogP contribution >= 0.6 is 0 Å². The molecule has 1 aliphatic rings. The van der Waals surface area contributed by atoms with Gasteiger partial charge in [-0.3, -0.25) is 4.90 Å². The van der Waals surface area contributed by atoms with Gasteiger partial charge in [-0.15, -0.1) is 0 Å². The largest absolute Gasteiger partial charge is 0.497 e. The van der Waals surface area contributed by atoms with Gasteiger partial charge in [0.2, 0.25) is 0 Å². The number of rotatable bonds is 4. The highest BCUT2D eigenvalue weighted by molar-refractivity contribution is 5.67. The Kier molecular flexibility index (Phi) is 4.59. The van der Waals surface area contributed by atoms with Gasteiger partial charge in [0.05, 0.1) is 7.11 Å². The molecule has 0 aromatic heterocycles. The van der Waals surface area contributed by atoms with Crippen LogP contribution in [-0.4, -0.2) is 31.6 Å². The van der Waals surface area contributed by atoms with Gasteiger partial charge >= 0.3 is 0 Å². The van der Waals surface area contributed by atoms with E-state index in [1.807, 2.05) is 12.1 Å². The van der Waals surface area contributed by atoms with Crippen molar-refractivity contribution >= 4 is 5.57 Å². The molecule has 0 bridgehead atoms. The normalized spacial score (nSPS) is 18.8. The molecule has 1 unspecified atom stereocenters. The van der Waals surface area contributed by atoms with Crippen LogP contribution in [0.15, 0.2) is 60.7 Å². The second kappa shape index (κ2) is 6.80. The van der Waals surface area contributed by atoms with E-state index in [0.29, 0.717) is 6.04 Å². The summed E-state index contributed by atoms with van der Waals surface area (Å²) >= 11 is 0. The molecule has 0 N–H and O–H groups in total. The lowest BCUT2D eigenvalue weighted by Crippen LogP contribution is -2.36. The summed E-state index contributed by atoms with van der Waals surface area (Å²) in [5, 5.41) is 0. The van der Waals surface area contributed by atoms with Gasteiger partial charge in [-0.05, 0) is 48.7 Å². The molecule has 2 aromatic carbocycles. The van der Waals surface area contributed by atoms with Crippen LogP contribution < -0.4 is 4.74 Å². The molecule has 0 saturated carbocycles. The third-order valence-electron chi connectivity index (χ3n) is 4.44. The molecule has 0 saturated heterocycles. The summed E-state index contributed by atoms with van der Waals surface area (Å²) < 4.78 is 5.23. The van der Waals surface area contributed by atoms with E-state index in [0.717, 1.165) is 25.1 Å². The van der Waals surface area contributed by atoms with E-state index < -0.39 is 0 Å². The Labute approximate surface area is 133 Å². The standard InChI is InChI=1S/C20H23NO/c1-21-13-12-18(17-6-4-3-5-7-17)15-19(21)14-16-8-10-20(22-2)11-9-16/h3-11,15,19H,12-14H2,1-2H3. The number of hydrogen-bond acceptors (Lipinski definition) is 2. The zero-order chi connectivity index (χ0) is 15.4. The Bertz CT molecular complexity index is 631. The van der Waals surface area contributed by atoms with Crippen LogP contribution in [0.3, 0.4) is 0 Å². The van der Waals surface area contributed by atoms with Gasteiger partial charge in [-0.2, -0.15) is 0 Å². The lowest BCUT2D eigenvalue weighted by Gasteiger charge is -2.31. The van der Waals surface area contributed by atoms with Gasteiger partial charge in [0.25, 0.3) is 0 Å². The Morgan fingerprint density at radius 1 is 1.05 bits per heavy atom. The molecule has 1 aliphatic heterocycles. The maximum absolute atomic E-state index is 5.23. The molecule has 2 nitrogen and oxygen atoms in total. The Balaban J connectivity index is 1.78. The predicted octanol–water partition coefficient (Wildman–Crippen LogP) is 4.03. The Morgan fingerprint density at radius 3 is 2.45 bits per heavy atom. The van der Waals surface area contributed by atoms with Crippen LogP contribution in [0.5, 0.6) is 5.75 Å². The van der Waals surface area contributed by atoms with Crippen molar-refractivity contribution in [3.05, 3.63) is 71.8 Å². The smallest absolute Gasteiger partial charge is 0.118 e. The fourth-order valence-corrected chi connectivity index (χ4v) is 3.02. The molecular formula is C20H23NO. The van der Waals surface area contributed by atoms with Gasteiger partial charge in [0.1, 0.15) is 5.75 Å². The monoisotopic (exact) mass is 293 g/mol. The van der Waals surface area contributed by atoms with Crippen molar-refractivity contribution in [2.75, 3.05) is 20.7 Å². The van der Waals surface area contributed by atoms with Crippen LogP contribution in [-0.2, 0) is 6.42 Å². The minimum Gasteiger partial charge on any atom is -0.497 e. The summed E-state index contributed by atoms with van der Waals surface area (Å²) in [5.74, 6) is 0.918. The van der Waals surface area contributed by atoms with Crippen molar-refractivity contribution < 1.29 is 4.74 Å². The molecule has 22 heavy (non-hydrogen) atoms. The van der Waals surface area contributed by atoms with Crippen molar-refractivity contribution in [2.24, 2.45) is 0 Å². The third kappa shape index (κ3) is 3.40. The second-order valence-electron chi connectivity index (χ2n) is 5.91. The van der Waals surface area contributed by atoms with Gasteiger partial charge in [-0.25, -0.2) is 0 Å². The molecule has 1 atom stereocenters. The first kappa shape index (κ1) is 14.9. The number of methoxy groups -OCH3 is 1. The highest BCUT2D eigenvalue weighted by atomic mass is 16.5. The summed E-state index contributed by atoms with van der Waals surface area (Å²) in [6.07, 6.45) is 4.60. The van der Waals surface area contributed by atoms with Crippen molar-refractivity contribution in [3.63, 3.8) is 0 Å². The molecule has 0 aliphatic carbocycles. The molecule has 0 amide bonds. The van der Waals surface area contributed by atoms with E-state index in [9.17, 15) is 0 Å². The van der Waals surface area contributed by atoms with E-state index in [1.54, 1.807) is 7.11 Å². The summed E-state index contributed by atoms with van der Waals surface area (Å²) in [4.78, 5) is 2.44. The van der Waals surface area contributed by atoms with Crippen molar-refractivity contribution in [3.8, 4) is 5.75 Å². The lowest BCUT2D eigenvalue weighted by molar-refractivity contribution is 0.277. The molecule has 1 heterocycles. The van der Waals surface area contributed by atoms with Crippen LogP contribution in [0.4, 0.5) is 0 Å². The molecule has 2 aromatic rings. The summed E-state index contributed by atoms with van der Waals surface area (Å²) in [6, 6.07) is 19.6. The van der Waals surface area contributed by atoms with E-state index in [4.69, 9.17) is 4.74 Å². The molecular weight excluding hydrogens is 270 g/mol. The predicted molar refractivity (Wildman–Crippen MR) is 92.2 cm³/mol. The molecule has 3 rings (SSSR count). The van der Waals surface area contributed by atoms with Crippen LogP contribution in [0.25, 0.3) is 5.57 Å². The lowest BCUT2D eigenvalue weighted by atomic mass is 9.93. The maximum atomic E-state index is 5.23. The van der Waals surface area contributed by atoms with Crippen molar-refractivity contribution in [1.82, 2.24) is 4.90 Å². The summed E-state index contributed by atoms with van der Waals surface area (Å²) in [7, 11) is 3.92. The number of ether oxygens (including phenoxy) is 1. The quantitative estimate of drug-likeness (QED) is 0.844. The molecule has 0 spiro atoms. The fourth-order valence-electron chi connectivity index (χ4n) is 3.02. The Morgan fingerprint density at radius 2 is 1.77 bits per heavy atom. The Hall–Kier alpha value is -2.06. The van der Waals surface area contributed by atoms with Gasteiger partial charge in [0.15, 0.2) is 0 Å². The van der Waals surface area contributed by atoms with Gasteiger partial charge in [0, 0.05) is 12.6 Å². The highest BCUT2D eigenvalue weighted by Gasteiger charge is 2.19. The average Bonchev–Trinajstić information content (AvgIpc) is 2.58. The topological polar surface area (TPSA) is 12.5 Å². The number of likely N-dealkylation sites (N-methyl/N-ethyl adjacent to an activating group) is 1. The van der Waals surface area contributed by atoms with Crippen molar-refractivity contribution in [2.45, 2.75) is 18.9 Å². The van der Waals surface area contributed by atoms with E-state index in [2.05, 4.69) is 60.5 Å². The van der Waals surface area contributed by atoms with Gasteiger partial charge in [-0.1, -0.05) is 48.5 Å². The van der Waals surface area contributed by atoms with E-state index >= 15 is 0 Å². The van der Waals surface area contributed by atoms with Crippen LogP contribution in [0.2, 0.25) is 0 Å². The minimum atomic E-state index is 0.456. The first-order valence-corrected chi connectivity index (χ1v) is 7.85. The first-order valence-electron chi connectivity index (χ1n) is 7.85. The maximum Gasteiger partial charge on any atom is 0.118 e. The SMILES string of the molecule is COc1ccc(CC2C=C(c3ccccc3)CCN2C)cc1. The zero-order valence-electron chi connectivity index (χ0n) is 13.3. The fraction of sp³-hybridized carbons (Fsp3) is 0.300. The van der Waals surface area contributed by atoms with E-state index in [1.165, 1.54) is 16.7 Å². The first-order chi connectivity index (χ1) is 10.8. The van der Waals surface area contributed by atoms with Crippen molar-refractivity contribution in [1.29, 1.82) is 0 Å². The molecule has 0 radical (unpaired) electrons. The number of hydrogen-bond donors (Lipinski definition) is 0. The van der Waals surface area contributed by atoms with Gasteiger partial charge < -0.3 is 4.74 Å². The average molecular weight is 293 g/mol. The minimum absolute atomic E-state index is 0.456. The van der Waals surface area contributed by atoms with Crippen LogP contribution in [0.1, 0.15) is 17.5 Å². The number of benzene rings is 2. The summed E-state index contributed by atoms with van der Waals surface area (Å²) in [5.41, 5.74) is 4.18. The number of nitrogens with zero attached hydrogens (tertiary/aromatic N) is 1. The zero-order valence-corrected chi connectivity index (χ0v) is 13.3. The summed E-state index contributed by atoms with van der Waals surface area (Å²) in [6.45, 7) is 1.11. The molecule has 0 fully saturated rings. The third-order valence-corrected chi connectivity index (χ3v) is 4.44. The second-order valence-corrected chi connectivity index (χ2v) is 5.91. The highest BCUT2D eigenvalue weighted by Crippen LogP contribution is 2.26. The van der Waals surface area contributed by atoms with Crippen LogP contribution in [0, 0.1) is 0 Å². The van der Waals surface area contributed by atoms with E-state index in [-0.39, 0.29) is 0 Å². The molecule has 114 valence electrons. The molecule has 2 heteroatoms.